The Bertz CT molecular complexity index is 634. The van der Waals surface area contributed by atoms with Gasteiger partial charge in [0.15, 0.2) is 0 Å². The average molecular weight is 339 g/mol. The molecule has 2 atom stereocenters. The third kappa shape index (κ3) is 4.06. The summed E-state index contributed by atoms with van der Waals surface area (Å²) in [4.78, 5) is 9.41. The highest BCUT2D eigenvalue weighted by Crippen LogP contribution is 2.40. The molecule has 3 N–H and O–H groups in total. The molecule has 0 bridgehead atoms. The van der Waals surface area contributed by atoms with Gasteiger partial charge in [-0.3, -0.25) is 15.4 Å². The summed E-state index contributed by atoms with van der Waals surface area (Å²) >= 11 is 0. The van der Waals surface area contributed by atoms with Gasteiger partial charge in [0.1, 0.15) is 0 Å². The monoisotopic (exact) mass is 339 g/mol. The van der Waals surface area contributed by atoms with Crippen LogP contribution in [0.15, 0.2) is 36.7 Å². The summed E-state index contributed by atoms with van der Waals surface area (Å²) in [5.41, 5.74) is 14.2. The van der Waals surface area contributed by atoms with E-state index in [0.717, 1.165) is 25.8 Å². The highest BCUT2D eigenvalue weighted by molar-refractivity contribution is 5.25. The lowest BCUT2D eigenvalue weighted by Crippen LogP contribution is -2.47. The highest BCUT2D eigenvalue weighted by Gasteiger charge is 2.35. The number of hydrazine groups is 1. The van der Waals surface area contributed by atoms with Crippen molar-refractivity contribution in [2.75, 3.05) is 13.1 Å². The zero-order chi connectivity index (χ0) is 17.6. The van der Waals surface area contributed by atoms with Crippen molar-refractivity contribution >= 4 is 0 Å². The number of hydrogen-bond donors (Lipinski definition) is 2. The van der Waals surface area contributed by atoms with Gasteiger partial charge in [-0.25, -0.2) is 5.01 Å². The van der Waals surface area contributed by atoms with Crippen LogP contribution in [-0.2, 0) is 0 Å². The van der Waals surface area contributed by atoms with Gasteiger partial charge in [-0.05, 0) is 69.3 Å². The Kier molecular flexibility index (Phi) is 6.13. The fourth-order valence-corrected chi connectivity index (χ4v) is 3.76. The summed E-state index contributed by atoms with van der Waals surface area (Å²) in [7, 11) is 0. The SMILES string of the molecule is Cc1cccnc1C1CCCC(c2ncccc2C)N1NCCCN. The molecule has 25 heavy (non-hydrogen) atoms. The van der Waals surface area contributed by atoms with Gasteiger partial charge in [-0.2, -0.15) is 0 Å². The molecule has 1 fully saturated rings. The van der Waals surface area contributed by atoms with Crippen molar-refractivity contribution in [3.05, 3.63) is 59.2 Å². The van der Waals surface area contributed by atoms with Crippen molar-refractivity contribution in [1.29, 1.82) is 0 Å². The van der Waals surface area contributed by atoms with Gasteiger partial charge in [0, 0.05) is 18.9 Å². The van der Waals surface area contributed by atoms with Crippen molar-refractivity contribution in [3.63, 3.8) is 0 Å². The number of piperidine rings is 1. The normalized spacial score (nSPS) is 21.4. The van der Waals surface area contributed by atoms with E-state index in [1.165, 1.54) is 28.9 Å². The molecule has 1 aliphatic rings. The molecule has 0 saturated carbocycles. The molecule has 3 heterocycles. The van der Waals surface area contributed by atoms with E-state index in [1.807, 2.05) is 24.5 Å². The van der Waals surface area contributed by atoms with E-state index < -0.39 is 0 Å². The van der Waals surface area contributed by atoms with E-state index in [4.69, 9.17) is 15.7 Å². The van der Waals surface area contributed by atoms with Crippen LogP contribution in [0, 0.1) is 13.8 Å². The van der Waals surface area contributed by atoms with Crippen LogP contribution in [0.3, 0.4) is 0 Å². The molecule has 1 saturated heterocycles. The van der Waals surface area contributed by atoms with E-state index in [0.29, 0.717) is 6.54 Å². The summed E-state index contributed by atoms with van der Waals surface area (Å²) in [6, 6.07) is 8.84. The van der Waals surface area contributed by atoms with E-state index >= 15 is 0 Å². The van der Waals surface area contributed by atoms with Crippen molar-refractivity contribution in [2.45, 2.75) is 51.6 Å². The molecule has 0 aromatic carbocycles. The number of nitrogens with two attached hydrogens (primary N) is 1. The molecule has 0 amide bonds. The maximum Gasteiger partial charge on any atom is 0.0675 e. The van der Waals surface area contributed by atoms with E-state index in [2.05, 4.69) is 36.4 Å². The molecular formula is C20H29N5. The minimum Gasteiger partial charge on any atom is -0.330 e. The first-order valence-electron chi connectivity index (χ1n) is 9.27. The van der Waals surface area contributed by atoms with Crippen LogP contribution in [-0.4, -0.2) is 28.1 Å². The van der Waals surface area contributed by atoms with Crippen molar-refractivity contribution in [2.24, 2.45) is 5.73 Å². The van der Waals surface area contributed by atoms with Crippen LogP contribution < -0.4 is 11.2 Å². The Morgan fingerprint density at radius 1 is 1.04 bits per heavy atom. The fraction of sp³-hybridized carbons (Fsp3) is 0.500. The predicted octanol–water partition coefficient (Wildman–Crippen LogP) is 3.22. The highest BCUT2D eigenvalue weighted by atomic mass is 15.5. The lowest BCUT2D eigenvalue weighted by Gasteiger charge is -2.42. The molecule has 1 aliphatic heterocycles. The smallest absolute Gasteiger partial charge is 0.0675 e. The van der Waals surface area contributed by atoms with Crippen molar-refractivity contribution in [3.8, 4) is 0 Å². The molecular weight excluding hydrogens is 310 g/mol. The van der Waals surface area contributed by atoms with Gasteiger partial charge in [0.2, 0.25) is 0 Å². The summed E-state index contributed by atoms with van der Waals surface area (Å²) in [5, 5.41) is 2.39. The van der Waals surface area contributed by atoms with Gasteiger partial charge in [0.05, 0.1) is 23.5 Å². The zero-order valence-corrected chi connectivity index (χ0v) is 15.3. The third-order valence-corrected chi connectivity index (χ3v) is 5.03. The molecule has 3 rings (SSSR count). The zero-order valence-electron chi connectivity index (χ0n) is 15.3. The predicted molar refractivity (Wildman–Crippen MR) is 101 cm³/mol. The summed E-state index contributed by atoms with van der Waals surface area (Å²) in [6.45, 7) is 5.87. The van der Waals surface area contributed by atoms with Gasteiger partial charge in [-0.1, -0.05) is 12.1 Å². The number of nitrogens with one attached hydrogen (secondary N) is 1. The van der Waals surface area contributed by atoms with Crippen molar-refractivity contribution < 1.29 is 0 Å². The first kappa shape index (κ1) is 18.0. The minimum absolute atomic E-state index is 0.263. The molecule has 0 spiro atoms. The van der Waals surface area contributed by atoms with Crippen LogP contribution >= 0.6 is 0 Å². The molecule has 0 aliphatic carbocycles. The Hall–Kier alpha value is -1.82. The molecule has 2 aromatic rings. The Labute approximate surface area is 150 Å². The van der Waals surface area contributed by atoms with E-state index in [9.17, 15) is 0 Å². The van der Waals surface area contributed by atoms with Gasteiger partial charge >= 0.3 is 0 Å². The van der Waals surface area contributed by atoms with Crippen LogP contribution in [0.5, 0.6) is 0 Å². The first-order valence-corrected chi connectivity index (χ1v) is 9.27. The summed E-state index contributed by atoms with van der Waals surface area (Å²) in [6.07, 6.45) is 8.15. The maximum atomic E-state index is 5.70. The Balaban J connectivity index is 1.94. The van der Waals surface area contributed by atoms with Crippen LogP contribution in [0.1, 0.15) is 60.3 Å². The standard InChI is InChI=1S/C20H29N5/c1-15-7-4-12-22-19(15)17-9-3-10-18(25(17)24-14-6-11-21)20-16(2)8-5-13-23-20/h4-5,7-8,12-13,17-18,24H,3,6,9-11,14,21H2,1-2H3. The summed E-state index contributed by atoms with van der Waals surface area (Å²) < 4.78 is 0. The van der Waals surface area contributed by atoms with Gasteiger partial charge in [0.25, 0.3) is 0 Å². The van der Waals surface area contributed by atoms with Gasteiger partial charge in [-0.15, -0.1) is 0 Å². The largest absolute Gasteiger partial charge is 0.330 e. The van der Waals surface area contributed by atoms with Crippen LogP contribution in [0.2, 0.25) is 0 Å². The third-order valence-electron chi connectivity index (χ3n) is 5.03. The van der Waals surface area contributed by atoms with Crippen LogP contribution in [0.4, 0.5) is 0 Å². The fourth-order valence-electron chi connectivity index (χ4n) is 3.76. The quantitative estimate of drug-likeness (QED) is 0.791. The number of pyridine rings is 2. The maximum absolute atomic E-state index is 5.70. The second kappa shape index (κ2) is 8.52. The Morgan fingerprint density at radius 2 is 1.60 bits per heavy atom. The number of aryl methyl sites for hydroxylation is 2. The molecule has 2 aromatic heterocycles. The lowest BCUT2D eigenvalue weighted by atomic mass is 9.90. The minimum atomic E-state index is 0.263. The summed E-state index contributed by atoms with van der Waals surface area (Å²) in [5.74, 6) is 0. The lowest BCUT2D eigenvalue weighted by molar-refractivity contribution is 0.0216. The first-order chi connectivity index (χ1) is 12.2. The Morgan fingerprint density at radius 3 is 2.08 bits per heavy atom. The molecule has 0 radical (unpaired) electrons. The topological polar surface area (TPSA) is 67.1 Å². The molecule has 5 nitrogen and oxygen atoms in total. The van der Waals surface area contributed by atoms with E-state index in [-0.39, 0.29) is 12.1 Å². The second-order valence-electron chi connectivity index (χ2n) is 6.83. The number of aromatic nitrogens is 2. The van der Waals surface area contributed by atoms with Gasteiger partial charge < -0.3 is 5.73 Å². The molecule has 2 unspecified atom stereocenters. The number of hydrogen-bond acceptors (Lipinski definition) is 5. The van der Waals surface area contributed by atoms with Crippen molar-refractivity contribution in [1.82, 2.24) is 20.4 Å². The van der Waals surface area contributed by atoms with E-state index in [1.54, 1.807) is 0 Å². The second-order valence-corrected chi connectivity index (χ2v) is 6.83. The number of nitrogens with zero attached hydrogens (tertiary/aromatic N) is 3. The number of rotatable bonds is 6. The molecule has 134 valence electrons. The molecule has 5 heteroatoms. The van der Waals surface area contributed by atoms with Crippen LogP contribution in [0.25, 0.3) is 0 Å². The average Bonchev–Trinajstić information content (AvgIpc) is 2.63.